The predicted molar refractivity (Wildman–Crippen MR) is 114 cm³/mol. The maximum atomic E-state index is 13.1. The van der Waals surface area contributed by atoms with Gasteiger partial charge in [0.15, 0.2) is 0 Å². The molecular formula is C22H22FN5O4. The molecule has 9 nitrogen and oxygen atoms in total. The Morgan fingerprint density at radius 2 is 1.97 bits per heavy atom. The van der Waals surface area contributed by atoms with Gasteiger partial charge >= 0.3 is 0 Å². The molecular weight excluding hydrogens is 417 g/mol. The van der Waals surface area contributed by atoms with Crippen molar-refractivity contribution in [3.05, 3.63) is 69.9 Å². The summed E-state index contributed by atoms with van der Waals surface area (Å²) in [5, 5.41) is 17.9. The van der Waals surface area contributed by atoms with E-state index >= 15 is 0 Å². The largest absolute Gasteiger partial charge is 0.338 e. The zero-order chi connectivity index (χ0) is 22.7. The van der Waals surface area contributed by atoms with Crippen molar-refractivity contribution in [2.75, 3.05) is 18.4 Å². The molecule has 10 heteroatoms. The average Bonchev–Trinajstić information content (AvgIpc) is 3.24. The third kappa shape index (κ3) is 4.80. The van der Waals surface area contributed by atoms with E-state index in [1.54, 1.807) is 31.2 Å². The standard InChI is InChI=1S/C22H22FN5O4/c1-14-18(3-2-4-19(14)28(30)31)24-22(29)16-9-11-27(12-10-16)13-20-25-21(26-32-20)15-5-7-17(23)8-6-15/h2-8,16H,9-13H2,1H3,(H,24,29). The lowest BCUT2D eigenvalue weighted by Crippen LogP contribution is -2.37. The molecule has 1 amide bonds. The number of aromatic nitrogens is 2. The van der Waals surface area contributed by atoms with Crippen molar-refractivity contribution in [3.8, 4) is 11.4 Å². The number of nitro groups is 1. The number of halogens is 1. The third-order valence-electron chi connectivity index (χ3n) is 5.65. The molecule has 0 saturated carbocycles. The van der Waals surface area contributed by atoms with Crippen molar-refractivity contribution in [3.63, 3.8) is 0 Å². The molecule has 1 fully saturated rings. The number of hydrogen-bond donors (Lipinski definition) is 1. The van der Waals surface area contributed by atoms with Gasteiger partial charge in [0.2, 0.25) is 17.6 Å². The van der Waals surface area contributed by atoms with E-state index in [0.717, 1.165) is 0 Å². The monoisotopic (exact) mass is 439 g/mol. The minimum atomic E-state index is -0.456. The molecule has 1 aliphatic heterocycles. The summed E-state index contributed by atoms with van der Waals surface area (Å²) in [6.45, 7) is 3.45. The zero-order valence-electron chi connectivity index (χ0n) is 17.5. The highest BCUT2D eigenvalue weighted by Crippen LogP contribution is 2.27. The summed E-state index contributed by atoms with van der Waals surface area (Å²) in [5.74, 6) is 0.220. The number of nitrogens with zero attached hydrogens (tertiary/aromatic N) is 4. The second kappa shape index (κ2) is 9.23. The lowest BCUT2D eigenvalue weighted by atomic mass is 9.95. The van der Waals surface area contributed by atoms with Crippen molar-refractivity contribution in [2.24, 2.45) is 5.92 Å². The fourth-order valence-corrected chi connectivity index (χ4v) is 3.77. The van der Waals surface area contributed by atoms with Crippen LogP contribution in [0.15, 0.2) is 47.0 Å². The number of benzene rings is 2. The van der Waals surface area contributed by atoms with E-state index in [2.05, 4.69) is 20.4 Å². The van der Waals surface area contributed by atoms with Crippen molar-refractivity contribution in [1.82, 2.24) is 15.0 Å². The second-order valence-corrected chi connectivity index (χ2v) is 7.77. The third-order valence-corrected chi connectivity index (χ3v) is 5.65. The van der Waals surface area contributed by atoms with Crippen molar-refractivity contribution >= 4 is 17.3 Å². The number of carbonyl (C=O) groups is 1. The van der Waals surface area contributed by atoms with E-state index < -0.39 is 4.92 Å². The zero-order valence-corrected chi connectivity index (χ0v) is 17.5. The van der Waals surface area contributed by atoms with Crippen LogP contribution in [-0.2, 0) is 11.3 Å². The SMILES string of the molecule is Cc1c(NC(=O)C2CCN(Cc3nc(-c4ccc(F)cc4)no3)CC2)cccc1[N+](=O)[O-]. The Morgan fingerprint density at radius 3 is 2.66 bits per heavy atom. The van der Waals surface area contributed by atoms with Gasteiger partial charge in [0.25, 0.3) is 5.69 Å². The van der Waals surface area contributed by atoms with Gasteiger partial charge in [-0.2, -0.15) is 4.98 Å². The summed E-state index contributed by atoms with van der Waals surface area (Å²) in [7, 11) is 0. The lowest BCUT2D eigenvalue weighted by molar-refractivity contribution is -0.385. The molecule has 166 valence electrons. The second-order valence-electron chi connectivity index (χ2n) is 7.77. The van der Waals surface area contributed by atoms with Gasteiger partial charge in [-0.05, 0) is 63.2 Å². The highest BCUT2D eigenvalue weighted by molar-refractivity contribution is 5.93. The van der Waals surface area contributed by atoms with Crippen LogP contribution in [-0.4, -0.2) is 39.0 Å². The van der Waals surface area contributed by atoms with Crippen LogP contribution in [0.5, 0.6) is 0 Å². The first-order chi connectivity index (χ1) is 15.4. The highest BCUT2D eigenvalue weighted by Gasteiger charge is 2.27. The first kappa shape index (κ1) is 21.6. The smallest absolute Gasteiger partial charge is 0.274 e. The number of nitro benzene ring substituents is 1. The molecule has 1 aliphatic rings. The Balaban J connectivity index is 1.31. The van der Waals surface area contributed by atoms with E-state index in [0.29, 0.717) is 61.0 Å². The molecule has 0 unspecified atom stereocenters. The quantitative estimate of drug-likeness (QED) is 0.457. The Morgan fingerprint density at radius 1 is 1.25 bits per heavy atom. The molecule has 0 radical (unpaired) electrons. The van der Waals surface area contributed by atoms with E-state index in [4.69, 9.17) is 4.52 Å². The van der Waals surface area contributed by atoms with Crippen molar-refractivity contribution < 1.29 is 18.6 Å². The summed E-state index contributed by atoms with van der Waals surface area (Å²) in [5.41, 5.74) is 1.56. The van der Waals surface area contributed by atoms with Crippen LogP contribution < -0.4 is 5.32 Å². The molecule has 0 bridgehead atoms. The van der Waals surface area contributed by atoms with Crippen molar-refractivity contribution in [2.45, 2.75) is 26.3 Å². The first-order valence-corrected chi connectivity index (χ1v) is 10.3. The number of rotatable bonds is 6. The van der Waals surface area contributed by atoms with Crippen LogP contribution in [0.4, 0.5) is 15.8 Å². The van der Waals surface area contributed by atoms with Gasteiger partial charge in [0, 0.05) is 17.5 Å². The number of hydrogen-bond acceptors (Lipinski definition) is 7. The van der Waals surface area contributed by atoms with Crippen LogP contribution in [0.25, 0.3) is 11.4 Å². The van der Waals surface area contributed by atoms with Gasteiger partial charge < -0.3 is 9.84 Å². The molecule has 2 heterocycles. The Bertz CT molecular complexity index is 1120. The average molecular weight is 439 g/mol. The topological polar surface area (TPSA) is 114 Å². The molecule has 32 heavy (non-hydrogen) atoms. The number of piperidine rings is 1. The van der Waals surface area contributed by atoms with Crippen LogP contribution in [0.3, 0.4) is 0 Å². The van der Waals surface area contributed by atoms with Gasteiger partial charge in [-0.15, -0.1) is 0 Å². The summed E-state index contributed by atoms with van der Waals surface area (Å²) in [6, 6.07) is 10.5. The van der Waals surface area contributed by atoms with E-state index in [-0.39, 0.29) is 23.3 Å². The van der Waals surface area contributed by atoms with Gasteiger partial charge in [0.05, 0.1) is 22.7 Å². The first-order valence-electron chi connectivity index (χ1n) is 10.3. The molecule has 1 N–H and O–H groups in total. The predicted octanol–water partition coefficient (Wildman–Crippen LogP) is 3.94. The van der Waals surface area contributed by atoms with Crippen LogP contribution in [0, 0.1) is 28.8 Å². The van der Waals surface area contributed by atoms with Crippen LogP contribution >= 0.6 is 0 Å². The van der Waals surface area contributed by atoms with Crippen LogP contribution in [0.2, 0.25) is 0 Å². The Hall–Kier alpha value is -3.66. The van der Waals surface area contributed by atoms with E-state index in [1.165, 1.54) is 18.2 Å². The van der Waals surface area contributed by atoms with Gasteiger partial charge in [-0.25, -0.2) is 4.39 Å². The summed E-state index contributed by atoms with van der Waals surface area (Å²) in [6.07, 6.45) is 1.30. The summed E-state index contributed by atoms with van der Waals surface area (Å²) >= 11 is 0. The molecule has 1 saturated heterocycles. The molecule has 0 aliphatic carbocycles. The van der Waals surface area contributed by atoms with Crippen molar-refractivity contribution in [1.29, 1.82) is 0 Å². The number of carbonyl (C=O) groups excluding carboxylic acids is 1. The van der Waals surface area contributed by atoms with Gasteiger partial charge in [-0.3, -0.25) is 19.8 Å². The van der Waals surface area contributed by atoms with E-state index in [9.17, 15) is 19.3 Å². The number of amides is 1. The maximum absolute atomic E-state index is 13.1. The molecule has 2 aromatic carbocycles. The molecule has 4 rings (SSSR count). The normalized spacial score (nSPS) is 14.9. The molecule has 0 atom stereocenters. The van der Waals surface area contributed by atoms with Crippen LogP contribution in [0.1, 0.15) is 24.3 Å². The van der Waals surface area contributed by atoms with Gasteiger partial charge in [-0.1, -0.05) is 11.2 Å². The lowest BCUT2D eigenvalue weighted by Gasteiger charge is -2.30. The van der Waals surface area contributed by atoms with Gasteiger partial charge in [0.1, 0.15) is 5.82 Å². The minimum absolute atomic E-state index is 0.0165. The Labute approximate surface area is 183 Å². The number of nitrogens with one attached hydrogen (secondary N) is 1. The fourth-order valence-electron chi connectivity index (χ4n) is 3.77. The Kier molecular flexibility index (Phi) is 6.22. The molecule has 1 aromatic heterocycles. The molecule has 3 aromatic rings. The number of anilines is 1. The number of likely N-dealkylation sites (tertiary alicyclic amines) is 1. The fraction of sp³-hybridized carbons (Fsp3) is 0.318. The highest BCUT2D eigenvalue weighted by atomic mass is 19.1. The summed E-state index contributed by atoms with van der Waals surface area (Å²) < 4.78 is 18.4. The summed E-state index contributed by atoms with van der Waals surface area (Å²) in [4.78, 5) is 29.8. The van der Waals surface area contributed by atoms with E-state index in [1.807, 2.05) is 0 Å². The molecule has 0 spiro atoms. The maximum Gasteiger partial charge on any atom is 0.274 e. The minimum Gasteiger partial charge on any atom is -0.338 e.